The minimum absolute atomic E-state index is 0.163. The first-order valence-electron chi connectivity index (χ1n) is 3.75. The van der Waals surface area contributed by atoms with E-state index in [-0.39, 0.29) is 10.6 Å². The average Bonchev–Trinajstić information content (AvgIpc) is 2.36. The number of aromatic nitrogens is 1. The van der Waals surface area contributed by atoms with E-state index in [0.717, 1.165) is 24.4 Å². The molecule has 0 amide bonds. The molecule has 68 valence electrons. The lowest BCUT2D eigenvalue weighted by atomic mass is 10.4. The molecular weight excluding hydrogens is 198 g/mol. The van der Waals surface area contributed by atoms with Crippen molar-refractivity contribution in [2.24, 2.45) is 0 Å². The molecule has 1 rings (SSSR count). The number of hydrogen-bond acceptors (Lipinski definition) is 3. The van der Waals surface area contributed by atoms with Gasteiger partial charge in [0.15, 0.2) is 5.02 Å². The van der Waals surface area contributed by atoms with Gasteiger partial charge in [-0.2, -0.15) is 0 Å². The van der Waals surface area contributed by atoms with E-state index < -0.39 is 0 Å². The third kappa shape index (κ3) is 2.25. The summed E-state index contributed by atoms with van der Waals surface area (Å²) >= 11 is 6.76. The summed E-state index contributed by atoms with van der Waals surface area (Å²) in [6.45, 7) is 2.69. The van der Waals surface area contributed by atoms with Gasteiger partial charge in [-0.3, -0.25) is 9.17 Å². The molecule has 0 aromatic carbocycles. The van der Waals surface area contributed by atoms with Crippen molar-refractivity contribution in [1.29, 1.82) is 0 Å². The van der Waals surface area contributed by atoms with Gasteiger partial charge in [0.25, 0.3) is 5.56 Å². The van der Waals surface area contributed by atoms with E-state index in [0.29, 0.717) is 11.7 Å². The van der Waals surface area contributed by atoms with Crippen LogP contribution in [0, 0.1) is 0 Å². The standard InChI is InChI=1S/C7H10ClNO2S/c1-2-3-4-11-7-5(8)6(10)9-12-7/h2-4H2,1H3,(H,9,10). The van der Waals surface area contributed by atoms with Crippen molar-refractivity contribution in [3.8, 4) is 5.06 Å². The Labute approximate surface area is 79.5 Å². The van der Waals surface area contributed by atoms with E-state index >= 15 is 0 Å². The minimum Gasteiger partial charge on any atom is -0.482 e. The summed E-state index contributed by atoms with van der Waals surface area (Å²) < 4.78 is 7.75. The fraction of sp³-hybridized carbons (Fsp3) is 0.571. The molecule has 0 spiro atoms. The van der Waals surface area contributed by atoms with Crippen LogP contribution in [0.4, 0.5) is 0 Å². The highest BCUT2D eigenvalue weighted by Crippen LogP contribution is 2.24. The summed E-state index contributed by atoms with van der Waals surface area (Å²) in [5.41, 5.74) is -0.270. The lowest BCUT2D eigenvalue weighted by Crippen LogP contribution is -1.99. The topological polar surface area (TPSA) is 42.1 Å². The number of aromatic amines is 1. The monoisotopic (exact) mass is 207 g/mol. The van der Waals surface area contributed by atoms with Gasteiger partial charge < -0.3 is 4.74 Å². The first-order chi connectivity index (χ1) is 5.75. The fourth-order valence-corrected chi connectivity index (χ4v) is 1.56. The van der Waals surface area contributed by atoms with Crippen molar-refractivity contribution in [2.45, 2.75) is 19.8 Å². The second-order valence-electron chi connectivity index (χ2n) is 2.34. The molecule has 0 aliphatic rings. The first kappa shape index (κ1) is 9.61. The van der Waals surface area contributed by atoms with E-state index in [1.165, 1.54) is 0 Å². The van der Waals surface area contributed by atoms with Crippen LogP contribution in [0.25, 0.3) is 0 Å². The van der Waals surface area contributed by atoms with Gasteiger partial charge in [-0.25, -0.2) is 0 Å². The molecule has 1 aromatic heterocycles. The number of ether oxygens (including phenoxy) is 1. The molecule has 0 saturated carbocycles. The Bertz CT molecular complexity index is 294. The second-order valence-corrected chi connectivity index (χ2v) is 3.49. The molecule has 12 heavy (non-hydrogen) atoms. The maximum atomic E-state index is 10.8. The normalized spacial score (nSPS) is 10.2. The van der Waals surface area contributed by atoms with Crippen LogP contribution in [0.3, 0.4) is 0 Å². The predicted molar refractivity (Wildman–Crippen MR) is 50.4 cm³/mol. The Morgan fingerprint density at radius 2 is 2.42 bits per heavy atom. The molecule has 1 N–H and O–H groups in total. The summed E-state index contributed by atoms with van der Waals surface area (Å²) in [4.78, 5) is 10.8. The van der Waals surface area contributed by atoms with E-state index in [2.05, 4.69) is 11.3 Å². The molecule has 0 radical (unpaired) electrons. The summed E-state index contributed by atoms with van der Waals surface area (Å²) in [5, 5.41) is 0.659. The lowest BCUT2D eigenvalue weighted by molar-refractivity contribution is 0.318. The largest absolute Gasteiger partial charge is 0.482 e. The molecule has 5 heteroatoms. The van der Waals surface area contributed by atoms with Gasteiger partial charge >= 0.3 is 0 Å². The predicted octanol–water partition coefficient (Wildman–Crippen LogP) is 2.27. The Kier molecular flexibility index (Phi) is 3.62. The van der Waals surface area contributed by atoms with E-state index in [1.54, 1.807) is 0 Å². The SMILES string of the molecule is CCCCOc1s[nH]c(=O)c1Cl. The molecule has 0 bridgehead atoms. The zero-order chi connectivity index (χ0) is 8.97. The van der Waals surface area contributed by atoms with Gasteiger partial charge in [0.05, 0.1) is 6.61 Å². The molecule has 1 heterocycles. The minimum atomic E-state index is -0.270. The molecule has 0 saturated heterocycles. The Morgan fingerprint density at radius 1 is 1.67 bits per heavy atom. The average molecular weight is 208 g/mol. The van der Waals surface area contributed by atoms with Crippen molar-refractivity contribution in [1.82, 2.24) is 4.37 Å². The van der Waals surface area contributed by atoms with Crippen LogP contribution in [-0.4, -0.2) is 11.0 Å². The summed E-state index contributed by atoms with van der Waals surface area (Å²) in [6, 6.07) is 0. The van der Waals surface area contributed by atoms with Crippen molar-refractivity contribution >= 4 is 23.1 Å². The highest BCUT2D eigenvalue weighted by Gasteiger charge is 2.07. The summed E-state index contributed by atoms with van der Waals surface area (Å²) in [7, 11) is 0. The second kappa shape index (κ2) is 4.52. The maximum Gasteiger partial charge on any atom is 0.280 e. The summed E-state index contributed by atoms with van der Waals surface area (Å²) in [6.07, 6.45) is 2.04. The van der Waals surface area contributed by atoms with Crippen LogP contribution in [0.2, 0.25) is 5.02 Å². The van der Waals surface area contributed by atoms with E-state index in [9.17, 15) is 4.79 Å². The molecule has 0 atom stereocenters. The van der Waals surface area contributed by atoms with Crippen LogP contribution in [-0.2, 0) is 0 Å². The third-order valence-electron chi connectivity index (χ3n) is 1.35. The number of nitrogens with one attached hydrogen (secondary N) is 1. The zero-order valence-corrected chi connectivity index (χ0v) is 8.30. The lowest BCUT2D eigenvalue weighted by Gasteiger charge is -1.99. The van der Waals surface area contributed by atoms with Crippen LogP contribution >= 0.6 is 23.1 Å². The highest BCUT2D eigenvalue weighted by atomic mass is 35.5. The molecule has 0 aliphatic carbocycles. The number of halogens is 1. The number of H-pyrrole nitrogens is 1. The van der Waals surface area contributed by atoms with Crippen LogP contribution in [0.1, 0.15) is 19.8 Å². The quantitative estimate of drug-likeness (QED) is 0.770. The number of unbranched alkanes of at least 4 members (excludes halogenated alkanes) is 1. The van der Waals surface area contributed by atoms with Crippen LogP contribution < -0.4 is 10.3 Å². The van der Waals surface area contributed by atoms with E-state index in [1.807, 2.05) is 0 Å². The van der Waals surface area contributed by atoms with Gasteiger partial charge in [-0.1, -0.05) is 24.9 Å². The van der Waals surface area contributed by atoms with Crippen molar-refractivity contribution in [2.75, 3.05) is 6.61 Å². The first-order valence-corrected chi connectivity index (χ1v) is 4.95. The van der Waals surface area contributed by atoms with Crippen molar-refractivity contribution in [3.63, 3.8) is 0 Å². The molecular formula is C7H10ClNO2S. The molecule has 0 unspecified atom stereocenters. The van der Waals surface area contributed by atoms with Crippen molar-refractivity contribution < 1.29 is 4.74 Å². The van der Waals surface area contributed by atoms with Gasteiger partial charge in [-0.15, -0.1) is 0 Å². The van der Waals surface area contributed by atoms with Gasteiger partial charge in [0.1, 0.15) is 0 Å². The number of hydrogen-bond donors (Lipinski definition) is 1. The zero-order valence-electron chi connectivity index (χ0n) is 6.72. The van der Waals surface area contributed by atoms with Crippen LogP contribution in [0.15, 0.2) is 4.79 Å². The van der Waals surface area contributed by atoms with Crippen molar-refractivity contribution in [3.05, 3.63) is 15.4 Å². The number of rotatable bonds is 4. The van der Waals surface area contributed by atoms with Gasteiger partial charge in [0, 0.05) is 0 Å². The molecule has 0 fully saturated rings. The Balaban J connectivity index is 2.52. The molecule has 3 nitrogen and oxygen atoms in total. The molecule has 1 aromatic rings. The maximum absolute atomic E-state index is 10.8. The molecule has 0 aliphatic heterocycles. The van der Waals surface area contributed by atoms with Gasteiger partial charge in [-0.05, 0) is 18.0 Å². The Hall–Kier alpha value is -0.480. The van der Waals surface area contributed by atoms with E-state index in [4.69, 9.17) is 16.3 Å². The smallest absolute Gasteiger partial charge is 0.280 e. The summed E-state index contributed by atoms with van der Waals surface area (Å²) in [5.74, 6) is 0. The highest BCUT2D eigenvalue weighted by molar-refractivity contribution is 7.08. The fourth-order valence-electron chi connectivity index (χ4n) is 0.677. The van der Waals surface area contributed by atoms with Gasteiger partial charge in [0.2, 0.25) is 5.06 Å². The Morgan fingerprint density at radius 3 is 2.92 bits per heavy atom. The van der Waals surface area contributed by atoms with Crippen LogP contribution in [0.5, 0.6) is 5.06 Å². The third-order valence-corrected chi connectivity index (χ3v) is 2.60.